The maximum Gasteiger partial charge on any atom is 0.0327 e. The van der Waals surface area contributed by atoms with Crippen molar-refractivity contribution in [3.05, 3.63) is 35.9 Å². The van der Waals surface area contributed by atoms with Crippen LogP contribution in [0.15, 0.2) is 30.3 Å². The van der Waals surface area contributed by atoms with Crippen LogP contribution in [0.2, 0.25) is 0 Å². The molecule has 1 aliphatic rings. The van der Waals surface area contributed by atoms with Crippen molar-refractivity contribution in [1.29, 1.82) is 0 Å². The molecule has 1 saturated heterocycles. The second-order valence-electron chi connectivity index (χ2n) is 6.81. The Kier molecular flexibility index (Phi) is 5.35. The third kappa shape index (κ3) is 5.19. The lowest BCUT2D eigenvalue weighted by Crippen LogP contribution is -2.38. The van der Waals surface area contributed by atoms with E-state index in [1.807, 2.05) is 0 Å². The zero-order valence-electron chi connectivity index (χ0n) is 12.5. The van der Waals surface area contributed by atoms with E-state index in [2.05, 4.69) is 68.2 Å². The molecule has 1 aliphatic heterocycles. The highest BCUT2D eigenvalue weighted by Crippen LogP contribution is 2.31. The lowest BCUT2D eigenvalue weighted by molar-refractivity contribution is 0.292. The predicted octanol–water partition coefficient (Wildman–Crippen LogP) is 4.65. The van der Waals surface area contributed by atoms with Crippen LogP contribution < -0.4 is 5.32 Å². The van der Waals surface area contributed by atoms with Gasteiger partial charge in [-0.3, -0.25) is 0 Å². The second-order valence-corrected chi connectivity index (χ2v) is 7.96. The van der Waals surface area contributed by atoms with E-state index in [0.29, 0.717) is 17.5 Å². The molecule has 1 N–H and O–H groups in total. The van der Waals surface area contributed by atoms with Gasteiger partial charge in [-0.05, 0) is 36.0 Å². The normalized spacial score (nSPS) is 22.2. The van der Waals surface area contributed by atoms with Gasteiger partial charge in [-0.25, -0.2) is 0 Å². The summed E-state index contributed by atoms with van der Waals surface area (Å²) in [6.07, 6.45) is 3.89. The van der Waals surface area contributed by atoms with Crippen molar-refractivity contribution in [2.24, 2.45) is 5.41 Å². The van der Waals surface area contributed by atoms with Gasteiger partial charge in [0, 0.05) is 17.8 Å². The van der Waals surface area contributed by atoms with Crippen molar-refractivity contribution < 1.29 is 0 Å². The molecular weight excluding hydrogens is 250 g/mol. The summed E-state index contributed by atoms with van der Waals surface area (Å²) >= 11 is 2.10. The molecule has 0 bridgehead atoms. The van der Waals surface area contributed by atoms with Crippen LogP contribution in [0.5, 0.6) is 0 Å². The van der Waals surface area contributed by atoms with Gasteiger partial charge in [-0.1, -0.05) is 51.1 Å². The fraction of sp³-hybridized carbons (Fsp3) is 0.647. The van der Waals surface area contributed by atoms with Gasteiger partial charge in [0.25, 0.3) is 0 Å². The summed E-state index contributed by atoms with van der Waals surface area (Å²) < 4.78 is 0. The Morgan fingerprint density at radius 1 is 1.26 bits per heavy atom. The van der Waals surface area contributed by atoms with Crippen LogP contribution in [0.3, 0.4) is 0 Å². The van der Waals surface area contributed by atoms with Crippen molar-refractivity contribution in [1.82, 2.24) is 5.32 Å². The predicted molar refractivity (Wildman–Crippen MR) is 86.7 cm³/mol. The molecule has 2 unspecified atom stereocenters. The van der Waals surface area contributed by atoms with Crippen molar-refractivity contribution >= 4 is 11.8 Å². The number of thioether (sulfide) groups is 1. The molecule has 2 rings (SSSR count). The molecule has 2 atom stereocenters. The van der Waals surface area contributed by atoms with Gasteiger partial charge < -0.3 is 5.32 Å². The lowest BCUT2D eigenvalue weighted by atomic mass is 9.85. The van der Waals surface area contributed by atoms with Gasteiger partial charge in [0.1, 0.15) is 0 Å². The number of rotatable bonds is 4. The van der Waals surface area contributed by atoms with E-state index in [1.54, 1.807) is 0 Å². The molecule has 0 aromatic heterocycles. The minimum absolute atomic E-state index is 0.356. The highest BCUT2D eigenvalue weighted by Gasteiger charge is 2.23. The number of nitrogens with one attached hydrogen (secondary N) is 1. The fourth-order valence-electron chi connectivity index (χ4n) is 2.73. The third-order valence-corrected chi connectivity index (χ3v) is 4.83. The van der Waals surface area contributed by atoms with Crippen molar-refractivity contribution in [3.8, 4) is 0 Å². The summed E-state index contributed by atoms with van der Waals surface area (Å²) in [6.45, 7) is 7.00. The quantitative estimate of drug-likeness (QED) is 0.860. The summed E-state index contributed by atoms with van der Waals surface area (Å²) in [5.41, 5.74) is 1.79. The zero-order valence-corrected chi connectivity index (χ0v) is 13.3. The first-order valence-electron chi connectivity index (χ1n) is 7.43. The highest BCUT2D eigenvalue weighted by molar-refractivity contribution is 7.99. The maximum atomic E-state index is 3.91. The van der Waals surface area contributed by atoms with Crippen LogP contribution in [-0.4, -0.2) is 17.5 Å². The van der Waals surface area contributed by atoms with Crippen LogP contribution >= 0.6 is 11.8 Å². The Hall–Kier alpha value is -0.470. The average molecular weight is 277 g/mol. The fourth-order valence-corrected chi connectivity index (χ4v) is 3.81. The number of hydrogen-bond acceptors (Lipinski definition) is 2. The van der Waals surface area contributed by atoms with Gasteiger partial charge in [-0.2, -0.15) is 11.8 Å². The molecule has 1 fully saturated rings. The SMILES string of the molecule is CC(C)(C)CC(NC1CCCSC1)c1ccccc1. The van der Waals surface area contributed by atoms with Crippen LogP contribution in [0, 0.1) is 5.41 Å². The molecule has 0 saturated carbocycles. The number of benzene rings is 1. The molecule has 0 amide bonds. The molecular formula is C17H27NS. The summed E-state index contributed by atoms with van der Waals surface area (Å²) in [6, 6.07) is 12.1. The second kappa shape index (κ2) is 6.81. The van der Waals surface area contributed by atoms with Gasteiger partial charge in [0.05, 0.1) is 0 Å². The molecule has 106 valence electrons. The molecule has 0 aliphatic carbocycles. The first-order valence-corrected chi connectivity index (χ1v) is 8.59. The molecule has 1 heterocycles. The lowest BCUT2D eigenvalue weighted by Gasteiger charge is -2.32. The standard InChI is InChI=1S/C17H27NS/c1-17(2,3)12-16(14-8-5-4-6-9-14)18-15-10-7-11-19-13-15/h4-6,8-9,15-16,18H,7,10-13H2,1-3H3. The Morgan fingerprint density at radius 2 is 2.00 bits per heavy atom. The topological polar surface area (TPSA) is 12.0 Å². The van der Waals surface area contributed by atoms with E-state index < -0.39 is 0 Å². The zero-order chi connectivity index (χ0) is 13.7. The first-order chi connectivity index (χ1) is 9.04. The van der Waals surface area contributed by atoms with Crippen molar-refractivity contribution in [2.75, 3.05) is 11.5 Å². The minimum atomic E-state index is 0.356. The summed E-state index contributed by atoms with van der Waals surface area (Å²) in [5.74, 6) is 2.61. The Morgan fingerprint density at radius 3 is 2.58 bits per heavy atom. The highest BCUT2D eigenvalue weighted by atomic mass is 32.2. The molecule has 19 heavy (non-hydrogen) atoms. The van der Waals surface area contributed by atoms with Gasteiger partial charge >= 0.3 is 0 Å². The minimum Gasteiger partial charge on any atom is -0.306 e. The van der Waals surface area contributed by atoms with E-state index in [9.17, 15) is 0 Å². The van der Waals surface area contributed by atoms with Gasteiger partial charge in [0.15, 0.2) is 0 Å². The van der Waals surface area contributed by atoms with E-state index in [1.165, 1.54) is 36.3 Å². The Labute approximate surface area is 122 Å². The molecule has 1 nitrogen and oxygen atoms in total. The van der Waals surface area contributed by atoms with Gasteiger partial charge in [-0.15, -0.1) is 0 Å². The Balaban J connectivity index is 2.05. The largest absolute Gasteiger partial charge is 0.306 e. The van der Waals surface area contributed by atoms with Crippen molar-refractivity contribution in [2.45, 2.75) is 52.1 Å². The molecule has 0 spiro atoms. The van der Waals surface area contributed by atoms with E-state index in [0.717, 1.165) is 0 Å². The van der Waals surface area contributed by atoms with Crippen molar-refractivity contribution in [3.63, 3.8) is 0 Å². The van der Waals surface area contributed by atoms with E-state index in [4.69, 9.17) is 0 Å². The van der Waals surface area contributed by atoms with Crippen LogP contribution in [0.25, 0.3) is 0 Å². The monoisotopic (exact) mass is 277 g/mol. The van der Waals surface area contributed by atoms with E-state index in [-0.39, 0.29) is 0 Å². The Bertz CT molecular complexity index is 363. The molecule has 1 aromatic carbocycles. The summed E-state index contributed by atoms with van der Waals surface area (Å²) in [4.78, 5) is 0. The summed E-state index contributed by atoms with van der Waals surface area (Å²) in [7, 11) is 0. The smallest absolute Gasteiger partial charge is 0.0327 e. The summed E-state index contributed by atoms with van der Waals surface area (Å²) in [5, 5.41) is 3.91. The van der Waals surface area contributed by atoms with Crippen LogP contribution in [-0.2, 0) is 0 Å². The average Bonchev–Trinajstić information content (AvgIpc) is 2.39. The molecule has 1 aromatic rings. The molecule has 0 radical (unpaired) electrons. The maximum absolute atomic E-state index is 3.91. The third-order valence-electron chi connectivity index (χ3n) is 3.62. The number of hydrogen-bond donors (Lipinski definition) is 1. The van der Waals surface area contributed by atoms with E-state index >= 15 is 0 Å². The van der Waals surface area contributed by atoms with Crippen LogP contribution in [0.1, 0.15) is 51.6 Å². The van der Waals surface area contributed by atoms with Gasteiger partial charge in [0.2, 0.25) is 0 Å². The van der Waals surface area contributed by atoms with Crippen LogP contribution in [0.4, 0.5) is 0 Å². The first kappa shape index (κ1) is 14.9. The molecule has 2 heteroatoms.